The Labute approximate surface area is 113 Å². The van der Waals surface area contributed by atoms with Crippen LogP contribution >= 0.6 is 0 Å². The van der Waals surface area contributed by atoms with E-state index in [4.69, 9.17) is 0 Å². The van der Waals surface area contributed by atoms with Gasteiger partial charge in [-0.2, -0.15) is 0 Å². The molecule has 0 spiro atoms. The highest BCUT2D eigenvalue weighted by Gasteiger charge is 2.11. The van der Waals surface area contributed by atoms with Gasteiger partial charge in [-0.1, -0.05) is 12.1 Å². The Morgan fingerprint density at radius 3 is 2.79 bits per heavy atom. The molecular weight excluding hydrogens is 240 g/mol. The second kappa shape index (κ2) is 5.84. The molecule has 102 valence electrons. The zero-order valence-electron chi connectivity index (χ0n) is 11.7. The predicted octanol–water partition coefficient (Wildman–Crippen LogP) is 0.529. The summed E-state index contributed by atoms with van der Waals surface area (Å²) < 4.78 is 2.08. The summed E-state index contributed by atoms with van der Waals surface area (Å²) in [5.41, 5.74) is 1.99. The van der Waals surface area contributed by atoms with E-state index in [9.17, 15) is 4.79 Å². The van der Waals surface area contributed by atoms with E-state index in [1.54, 1.807) is 0 Å². The molecule has 0 fully saturated rings. The van der Waals surface area contributed by atoms with Crippen LogP contribution in [0.15, 0.2) is 24.3 Å². The Morgan fingerprint density at radius 1 is 1.37 bits per heavy atom. The van der Waals surface area contributed by atoms with Gasteiger partial charge in [0.25, 0.3) is 0 Å². The van der Waals surface area contributed by atoms with E-state index in [-0.39, 0.29) is 5.91 Å². The van der Waals surface area contributed by atoms with Crippen LogP contribution in [0.5, 0.6) is 0 Å². The highest BCUT2D eigenvalue weighted by atomic mass is 16.1. The fraction of sp³-hybridized carbons (Fsp3) is 0.429. The van der Waals surface area contributed by atoms with Gasteiger partial charge in [-0.15, -0.1) is 0 Å². The third-order valence-corrected chi connectivity index (χ3v) is 3.00. The summed E-state index contributed by atoms with van der Waals surface area (Å²) in [5, 5.41) is 2.81. The lowest BCUT2D eigenvalue weighted by Crippen LogP contribution is -3.05. The summed E-state index contributed by atoms with van der Waals surface area (Å²) >= 11 is 0. The van der Waals surface area contributed by atoms with Crippen molar-refractivity contribution >= 4 is 22.9 Å². The van der Waals surface area contributed by atoms with Crippen LogP contribution in [0.1, 0.15) is 13.3 Å². The predicted molar refractivity (Wildman–Crippen MR) is 76.3 cm³/mol. The first-order chi connectivity index (χ1) is 9.08. The molecule has 2 N–H and O–H groups in total. The smallest absolute Gasteiger partial charge is 0.223 e. The molecule has 2 rings (SSSR count). The number of rotatable bonds is 5. The number of aromatic nitrogens is 2. The minimum Gasteiger partial charge on any atom is -0.340 e. The van der Waals surface area contributed by atoms with Crippen molar-refractivity contribution < 1.29 is 9.69 Å². The van der Waals surface area contributed by atoms with Crippen LogP contribution in [0.2, 0.25) is 0 Å². The van der Waals surface area contributed by atoms with Gasteiger partial charge in [0.2, 0.25) is 11.9 Å². The molecule has 0 unspecified atom stereocenters. The van der Waals surface area contributed by atoms with E-state index in [0.29, 0.717) is 5.95 Å². The van der Waals surface area contributed by atoms with E-state index >= 15 is 0 Å². The number of aryl methyl sites for hydroxylation is 1. The quantitative estimate of drug-likeness (QED) is 0.825. The molecule has 1 heterocycles. The molecule has 1 aromatic heterocycles. The van der Waals surface area contributed by atoms with Crippen LogP contribution in [0, 0.1) is 0 Å². The van der Waals surface area contributed by atoms with Crippen molar-refractivity contribution in [3.63, 3.8) is 0 Å². The molecule has 1 amide bonds. The SMILES string of the molecule is CC(=O)Nc1nc2ccccc2n1CCC[NH+](C)C. The van der Waals surface area contributed by atoms with Crippen LogP contribution in [0.4, 0.5) is 5.95 Å². The van der Waals surface area contributed by atoms with Crippen molar-refractivity contribution in [3.05, 3.63) is 24.3 Å². The lowest BCUT2D eigenvalue weighted by molar-refractivity contribution is -0.858. The number of para-hydroxylation sites is 2. The first-order valence-electron chi connectivity index (χ1n) is 6.60. The maximum atomic E-state index is 11.3. The lowest BCUT2D eigenvalue weighted by Gasteiger charge is -2.10. The first kappa shape index (κ1) is 13.5. The van der Waals surface area contributed by atoms with Crippen LogP contribution in [0.3, 0.4) is 0 Å². The minimum absolute atomic E-state index is 0.0882. The molecule has 1 aromatic carbocycles. The van der Waals surface area contributed by atoms with E-state index < -0.39 is 0 Å². The summed E-state index contributed by atoms with van der Waals surface area (Å²) in [5.74, 6) is 0.553. The summed E-state index contributed by atoms with van der Waals surface area (Å²) in [4.78, 5) is 17.2. The number of nitrogens with one attached hydrogen (secondary N) is 2. The number of hydrogen-bond acceptors (Lipinski definition) is 2. The topological polar surface area (TPSA) is 51.4 Å². The fourth-order valence-electron chi connectivity index (χ4n) is 2.15. The molecule has 0 radical (unpaired) electrons. The van der Waals surface area contributed by atoms with Crippen molar-refractivity contribution in [1.82, 2.24) is 9.55 Å². The number of anilines is 1. The second-order valence-corrected chi connectivity index (χ2v) is 5.07. The number of carbonyl (C=O) groups excluding carboxylic acids is 1. The molecule has 0 aliphatic carbocycles. The normalized spacial score (nSPS) is 11.2. The fourth-order valence-corrected chi connectivity index (χ4v) is 2.15. The molecule has 2 aromatic rings. The lowest BCUT2D eigenvalue weighted by atomic mass is 10.3. The average molecular weight is 261 g/mol. The number of carbonyl (C=O) groups is 1. The molecule has 0 aliphatic heterocycles. The van der Waals surface area contributed by atoms with Gasteiger partial charge < -0.3 is 9.47 Å². The molecule has 0 saturated heterocycles. The Balaban J connectivity index is 2.28. The molecule has 0 bridgehead atoms. The molecule has 0 atom stereocenters. The van der Waals surface area contributed by atoms with Gasteiger partial charge in [-0.05, 0) is 12.1 Å². The number of hydrogen-bond donors (Lipinski definition) is 2. The van der Waals surface area contributed by atoms with E-state index in [2.05, 4.69) is 29.0 Å². The van der Waals surface area contributed by atoms with Crippen LogP contribution in [-0.4, -0.2) is 36.1 Å². The Bertz CT molecular complexity index is 574. The average Bonchev–Trinajstić information content (AvgIpc) is 2.66. The van der Waals surface area contributed by atoms with Crippen molar-refractivity contribution in [3.8, 4) is 0 Å². The monoisotopic (exact) mass is 261 g/mol. The second-order valence-electron chi connectivity index (χ2n) is 5.07. The molecule has 0 aliphatic rings. The van der Waals surface area contributed by atoms with E-state index in [1.165, 1.54) is 11.8 Å². The highest BCUT2D eigenvalue weighted by molar-refractivity contribution is 5.89. The number of benzene rings is 1. The van der Waals surface area contributed by atoms with Crippen molar-refractivity contribution in [2.24, 2.45) is 0 Å². The zero-order valence-corrected chi connectivity index (χ0v) is 11.7. The summed E-state index contributed by atoms with van der Waals surface area (Å²) in [6.45, 7) is 3.46. The number of imidazole rings is 1. The van der Waals surface area contributed by atoms with Gasteiger partial charge in [-0.25, -0.2) is 4.98 Å². The largest absolute Gasteiger partial charge is 0.340 e. The van der Waals surface area contributed by atoms with E-state index in [1.807, 2.05) is 24.3 Å². The van der Waals surface area contributed by atoms with Crippen molar-refractivity contribution in [2.75, 3.05) is 26.0 Å². The minimum atomic E-state index is -0.0882. The molecule has 0 saturated carbocycles. The van der Waals surface area contributed by atoms with Gasteiger partial charge in [0.1, 0.15) is 0 Å². The van der Waals surface area contributed by atoms with E-state index in [0.717, 1.165) is 30.5 Å². The van der Waals surface area contributed by atoms with Crippen LogP contribution in [-0.2, 0) is 11.3 Å². The van der Waals surface area contributed by atoms with Crippen molar-refractivity contribution in [1.29, 1.82) is 0 Å². The van der Waals surface area contributed by atoms with Crippen molar-refractivity contribution in [2.45, 2.75) is 19.9 Å². The summed E-state index contributed by atoms with van der Waals surface area (Å²) in [6.07, 6.45) is 1.05. The highest BCUT2D eigenvalue weighted by Crippen LogP contribution is 2.19. The van der Waals surface area contributed by atoms with Gasteiger partial charge in [0.15, 0.2) is 0 Å². The Kier molecular flexibility index (Phi) is 4.16. The Morgan fingerprint density at radius 2 is 2.11 bits per heavy atom. The van der Waals surface area contributed by atoms with Gasteiger partial charge in [0, 0.05) is 19.9 Å². The summed E-state index contributed by atoms with van der Waals surface area (Å²) in [7, 11) is 4.28. The first-order valence-corrected chi connectivity index (χ1v) is 6.60. The standard InChI is InChI=1S/C14H20N4O/c1-11(19)15-14-16-12-7-4-5-8-13(12)18(14)10-6-9-17(2)3/h4-5,7-8H,6,9-10H2,1-3H3,(H,15,16,19)/p+1. The maximum absolute atomic E-state index is 11.3. The molecular formula is C14H21N4O+. The zero-order chi connectivity index (χ0) is 13.8. The van der Waals surface area contributed by atoms with Gasteiger partial charge in [0.05, 0.1) is 31.7 Å². The number of quaternary nitrogens is 1. The molecule has 5 nitrogen and oxygen atoms in total. The maximum Gasteiger partial charge on any atom is 0.223 e. The number of fused-ring (bicyclic) bond motifs is 1. The van der Waals surface area contributed by atoms with Crippen LogP contribution < -0.4 is 10.2 Å². The molecule has 19 heavy (non-hydrogen) atoms. The Hall–Kier alpha value is -1.88. The number of amides is 1. The third-order valence-electron chi connectivity index (χ3n) is 3.00. The third kappa shape index (κ3) is 3.32. The van der Waals surface area contributed by atoms with Gasteiger partial charge in [-0.3, -0.25) is 10.1 Å². The molecule has 5 heteroatoms. The number of nitrogens with zero attached hydrogens (tertiary/aromatic N) is 2. The van der Waals surface area contributed by atoms with Crippen LogP contribution in [0.25, 0.3) is 11.0 Å². The van der Waals surface area contributed by atoms with Gasteiger partial charge >= 0.3 is 0 Å². The summed E-state index contributed by atoms with van der Waals surface area (Å²) in [6, 6.07) is 7.96.